The van der Waals surface area contributed by atoms with Gasteiger partial charge in [-0.1, -0.05) is 36.6 Å². The molecule has 2 aliphatic carbocycles. The molecule has 1 aromatic carbocycles. The molecule has 0 radical (unpaired) electrons. The molecule has 1 amide bonds. The van der Waals surface area contributed by atoms with E-state index in [1.54, 1.807) is 0 Å². The fourth-order valence-electron chi connectivity index (χ4n) is 4.18. The van der Waals surface area contributed by atoms with Gasteiger partial charge in [0.25, 0.3) is 0 Å². The minimum absolute atomic E-state index is 0. The van der Waals surface area contributed by atoms with Crippen molar-refractivity contribution in [3.05, 3.63) is 34.9 Å². The number of nitrogens with one attached hydrogen (secondary N) is 1. The first-order chi connectivity index (χ1) is 11.1. The summed E-state index contributed by atoms with van der Waals surface area (Å²) in [6.45, 7) is 0. The van der Waals surface area contributed by atoms with Gasteiger partial charge in [-0.25, -0.2) is 0 Å². The van der Waals surface area contributed by atoms with Crippen molar-refractivity contribution in [3.8, 4) is 0 Å². The second-order valence-electron chi connectivity index (χ2n) is 7.38. The summed E-state index contributed by atoms with van der Waals surface area (Å²) in [6, 6.07) is 8.56. The van der Waals surface area contributed by atoms with Gasteiger partial charge in [-0.05, 0) is 62.6 Å². The van der Waals surface area contributed by atoms with Crippen molar-refractivity contribution >= 4 is 29.9 Å². The van der Waals surface area contributed by atoms with Crippen LogP contribution in [0.25, 0.3) is 0 Å². The van der Waals surface area contributed by atoms with E-state index in [9.17, 15) is 4.79 Å². The minimum atomic E-state index is -0.246. The Balaban J connectivity index is 0.00000208. The molecule has 0 atom stereocenters. The van der Waals surface area contributed by atoms with E-state index in [1.807, 2.05) is 18.2 Å². The summed E-state index contributed by atoms with van der Waals surface area (Å²) >= 11 is 6.11. The Bertz CT molecular complexity index is 550. The molecule has 0 unspecified atom stereocenters. The molecular weight excluding hydrogens is 343 g/mol. The molecule has 3 N–H and O–H groups in total. The predicted octanol–water partition coefficient (Wildman–Crippen LogP) is 4.25. The number of carbonyl (C=O) groups is 1. The maximum absolute atomic E-state index is 13.0. The molecule has 2 saturated carbocycles. The molecule has 134 valence electrons. The van der Waals surface area contributed by atoms with Crippen LogP contribution in [0.5, 0.6) is 0 Å². The van der Waals surface area contributed by atoms with Crippen LogP contribution < -0.4 is 11.1 Å². The van der Waals surface area contributed by atoms with Gasteiger partial charge in [-0.2, -0.15) is 0 Å². The van der Waals surface area contributed by atoms with Crippen molar-refractivity contribution in [1.29, 1.82) is 0 Å². The third-order valence-corrected chi connectivity index (χ3v) is 5.82. The van der Waals surface area contributed by atoms with Crippen molar-refractivity contribution in [1.82, 2.24) is 5.32 Å². The van der Waals surface area contributed by atoms with Crippen LogP contribution >= 0.6 is 24.0 Å². The number of carbonyl (C=O) groups excluding carboxylic acids is 1. The number of amides is 1. The Morgan fingerprint density at radius 3 is 2.50 bits per heavy atom. The molecule has 1 aromatic rings. The Kier molecular flexibility index (Phi) is 6.97. The summed E-state index contributed by atoms with van der Waals surface area (Å²) in [5.41, 5.74) is 6.89. The smallest absolute Gasteiger partial charge is 0.226 e. The summed E-state index contributed by atoms with van der Waals surface area (Å²) in [4.78, 5) is 13.0. The van der Waals surface area contributed by atoms with Crippen LogP contribution in [0.3, 0.4) is 0 Å². The Labute approximate surface area is 156 Å². The SMILES string of the molecule is Cl.NC1CCC(NC(=O)C2(Cc3cccc(Cl)c3)CCCC2)CC1. The first-order valence-corrected chi connectivity index (χ1v) is 9.26. The lowest BCUT2D eigenvalue weighted by atomic mass is 9.78. The minimum Gasteiger partial charge on any atom is -0.353 e. The van der Waals surface area contributed by atoms with E-state index in [-0.39, 0.29) is 23.7 Å². The van der Waals surface area contributed by atoms with E-state index in [1.165, 1.54) is 5.56 Å². The molecule has 0 heterocycles. The van der Waals surface area contributed by atoms with Crippen LogP contribution in [-0.4, -0.2) is 18.0 Å². The topological polar surface area (TPSA) is 55.1 Å². The molecule has 2 fully saturated rings. The van der Waals surface area contributed by atoms with E-state index in [2.05, 4.69) is 11.4 Å². The number of hydrogen-bond acceptors (Lipinski definition) is 2. The van der Waals surface area contributed by atoms with Crippen LogP contribution in [-0.2, 0) is 11.2 Å². The van der Waals surface area contributed by atoms with E-state index < -0.39 is 0 Å². The second kappa shape index (κ2) is 8.55. The fraction of sp³-hybridized carbons (Fsp3) is 0.632. The average molecular weight is 371 g/mol. The van der Waals surface area contributed by atoms with Crippen molar-refractivity contribution in [2.75, 3.05) is 0 Å². The molecule has 0 saturated heterocycles. The van der Waals surface area contributed by atoms with Gasteiger partial charge < -0.3 is 11.1 Å². The van der Waals surface area contributed by atoms with Crippen LogP contribution in [0.2, 0.25) is 5.02 Å². The van der Waals surface area contributed by atoms with Crippen molar-refractivity contribution in [3.63, 3.8) is 0 Å². The zero-order chi connectivity index (χ0) is 16.3. The van der Waals surface area contributed by atoms with Crippen molar-refractivity contribution in [2.24, 2.45) is 11.1 Å². The lowest BCUT2D eigenvalue weighted by Gasteiger charge is -2.33. The Morgan fingerprint density at radius 1 is 1.21 bits per heavy atom. The molecule has 3 nitrogen and oxygen atoms in total. The van der Waals surface area contributed by atoms with Crippen LogP contribution in [0.1, 0.15) is 56.9 Å². The van der Waals surface area contributed by atoms with Crippen molar-refractivity contribution < 1.29 is 4.79 Å². The molecule has 24 heavy (non-hydrogen) atoms. The summed E-state index contributed by atoms with van der Waals surface area (Å²) < 4.78 is 0. The number of nitrogens with two attached hydrogens (primary N) is 1. The van der Waals surface area contributed by atoms with Crippen LogP contribution in [0.4, 0.5) is 0 Å². The zero-order valence-electron chi connectivity index (χ0n) is 14.1. The average Bonchev–Trinajstić information content (AvgIpc) is 2.99. The first-order valence-electron chi connectivity index (χ1n) is 8.88. The number of benzene rings is 1. The summed E-state index contributed by atoms with van der Waals surface area (Å²) in [5, 5.41) is 4.08. The van der Waals surface area contributed by atoms with E-state index in [0.717, 1.165) is 62.8 Å². The van der Waals surface area contributed by atoms with Crippen molar-refractivity contribution in [2.45, 2.75) is 69.9 Å². The van der Waals surface area contributed by atoms with E-state index in [4.69, 9.17) is 17.3 Å². The van der Waals surface area contributed by atoms with E-state index in [0.29, 0.717) is 12.1 Å². The summed E-state index contributed by atoms with van der Waals surface area (Å²) in [7, 11) is 0. The highest BCUT2D eigenvalue weighted by molar-refractivity contribution is 6.30. The standard InChI is InChI=1S/C19H27ClN2O.ClH/c20-15-5-3-4-14(12-15)13-19(10-1-2-11-19)18(23)22-17-8-6-16(21)7-9-17;/h3-5,12,16-17H,1-2,6-11,13,21H2,(H,22,23);1H. The third kappa shape index (κ3) is 4.65. The number of hydrogen-bond donors (Lipinski definition) is 2. The molecule has 0 aromatic heterocycles. The van der Waals surface area contributed by atoms with Gasteiger partial charge >= 0.3 is 0 Å². The van der Waals surface area contributed by atoms with Gasteiger partial charge in [0.15, 0.2) is 0 Å². The van der Waals surface area contributed by atoms with Gasteiger partial charge in [0, 0.05) is 17.1 Å². The molecule has 2 aliphatic rings. The fourth-order valence-corrected chi connectivity index (χ4v) is 4.39. The zero-order valence-corrected chi connectivity index (χ0v) is 15.7. The highest BCUT2D eigenvalue weighted by atomic mass is 35.5. The quantitative estimate of drug-likeness (QED) is 0.831. The van der Waals surface area contributed by atoms with Gasteiger partial charge in [-0.3, -0.25) is 4.79 Å². The highest BCUT2D eigenvalue weighted by Gasteiger charge is 2.41. The Hall–Kier alpha value is -0.770. The maximum atomic E-state index is 13.0. The molecule has 0 spiro atoms. The van der Waals surface area contributed by atoms with Crippen LogP contribution in [0.15, 0.2) is 24.3 Å². The van der Waals surface area contributed by atoms with Gasteiger partial charge in [0.05, 0.1) is 5.41 Å². The van der Waals surface area contributed by atoms with Gasteiger partial charge in [-0.15, -0.1) is 12.4 Å². The molecule has 5 heteroatoms. The lowest BCUT2D eigenvalue weighted by Crippen LogP contribution is -2.47. The maximum Gasteiger partial charge on any atom is 0.226 e. The third-order valence-electron chi connectivity index (χ3n) is 5.58. The van der Waals surface area contributed by atoms with Gasteiger partial charge in [0.1, 0.15) is 0 Å². The first kappa shape index (κ1) is 19.6. The molecular formula is C19H28Cl2N2O. The molecule has 0 bridgehead atoms. The predicted molar refractivity (Wildman–Crippen MR) is 102 cm³/mol. The number of rotatable bonds is 4. The van der Waals surface area contributed by atoms with E-state index >= 15 is 0 Å². The molecule has 0 aliphatic heterocycles. The summed E-state index contributed by atoms with van der Waals surface area (Å²) in [6.07, 6.45) is 9.12. The highest BCUT2D eigenvalue weighted by Crippen LogP contribution is 2.42. The van der Waals surface area contributed by atoms with Gasteiger partial charge in [0.2, 0.25) is 5.91 Å². The molecule has 3 rings (SSSR count). The second-order valence-corrected chi connectivity index (χ2v) is 7.82. The Morgan fingerprint density at radius 2 is 1.88 bits per heavy atom. The van der Waals surface area contributed by atoms with Crippen LogP contribution in [0, 0.1) is 5.41 Å². The summed E-state index contributed by atoms with van der Waals surface area (Å²) in [5.74, 6) is 0.246. The normalized spacial score (nSPS) is 25.8. The lowest BCUT2D eigenvalue weighted by molar-refractivity contribution is -0.131. The monoisotopic (exact) mass is 370 g/mol. The number of halogens is 2. The largest absolute Gasteiger partial charge is 0.353 e.